The van der Waals surface area contributed by atoms with Crippen LogP contribution in [0.15, 0.2) is 65.3 Å². The predicted octanol–water partition coefficient (Wildman–Crippen LogP) is 4.53. The monoisotopic (exact) mass is 371 g/mol. The summed E-state index contributed by atoms with van der Waals surface area (Å²) in [7, 11) is 0. The summed E-state index contributed by atoms with van der Waals surface area (Å²) < 4.78 is 5.01. The molecule has 0 saturated carbocycles. The van der Waals surface area contributed by atoms with Gasteiger partial charge in [0.05, 0.1) is 17.0 Å². The molecule has 132 valence electrons. The number of carbonyl (C=O) groups is 2. The van der Waals surface area contributed by atoms with Gasteiger partial charge >= 0.3 is 6.03 Å². The Hall–Kier alpha value is -3.45. The van der Waals surface area contributed by atoms with Crippen LogP contribution in [0.1, 0.15) is 10.6 Å². The highest BCUT2D eigenvalue weighted by Crippen LogP contribution is 2.26. The van der Waals surface area contributed by atoms with Crippen molar-refractivity contribution in [1.82, 2.24) is 0 Å². The fraction of sp³-hybridized carbons (Fsp3) is 0. The Labute approximate surface area is 153 Å². The zero-order valence-corrected chi connectivity index (χ0v) is 14.1. The molecular weight excluding hydrogens is 358 g/mol. The molecule has 0 radical (unpaired) electrons. The van der Waals surface area contributed by atoms with Crippen LogP contribution in [-0.2, 0) is 0 Å². The van der Waals surface area contributed by atoms with Crippen LogP contribution in [0.4, 0.5) is 21.9 Å². The van der Waals surface area contributed by atoms with Crippen LogP contribution >= 0.6 is 11.6 Å². The highest BCUT2D eigenvalue weighted by molar-refractivity contribution is 6.34. The molecule has 0 unspecified atom stereocenters. The Kier molecular flexibility index (Phi) is 5.09. The van der Waals surface area contributed by atoms with Crippen LogP contribution in [0.3, 0.4) is 0 Å². The number of benzene rings is 2. The minimum absolute atomic E-state index is 0.106. The summed E-state index contributed by atoms with van der Waals surface area (Å²) in [4.78, 5) is 23.9. The SMILES string of the molecule is O=C(Nc1ccc(O)cc1)Nc1ccc(NC(=O)c2ccco2)c(Cl)c1. The normalized spacial score (nSPS) is 10.2. The van der Waals surface area contributed by atoms with Crippen LogP contribution < -0.4 is 16.0 Å². The van der Waals surface area contributed by atoms with Gasteiger partial charge in [0, 0.05) is 11.4 Å². The minimum Gasteiger partial charge on any atom is -0.508 e. The van der Waals surface area contributed by atoms with Gasteiger partial charge in [0.1, 0.15) is 5.75 Å². The molecular formula is C18H14ClN3O4. The van der Waals surface area contributed by atoms with Crippen molar-refractivity contribution in [3.05, 3.63) is 71.6 Å². The van der Waals surface area contributed by atoms with Gasteiger partial charge < -0.3 is 25.5 Å². The molecule has 0 saturated heterocycles. The third-order valence-electron chi connectivity index (χ3n) is 3.35. The molecule has 0 aliphatic heterocycles. The van der Waals surface area contributed by atoms with E-state index in [0.29, 0.717) is 17.1 Å². The summed E-state index contributed by atoms with van der Waals surface area (Å²) in [5.74, 6) is -0.158. The molecule has 3 rings (SSSR count). The van der Waals surface area contributed by atoms with Crippen LogP contribution in [-0.4, -0.2) is 17.0 Å². The van der Waals surface area contributed by atoms with E-state index in [4.69, 9.17) is 16.0 Å². The molecule has 0 fully saturated rings. The van der Waals surface area contributed by atoms with E-state index in [9.17, 15) is 14.7 Å². The number of amides is 3. The molecule has 0 aliphatic carbocycles. The van der Waals surface area contributed by atoms with Crippen LogP contribution in [0.5, 0.6) is 5.75 Å². The first-order chi connectivity index (χ1) is 12.5. The van der Waals surface area contributed by atoms with Crippen molar-refractivity contribution in [2.75, 3.05) is 16.0 Å². The van der Waals surface area contributed by atoms with Crippen molar-refractivity contribution in [3.63, 3.8) is 0 Å². The fourth-order valence-corrected chi connectivity index (χ4v) is 2.35. The van der Waals surface area contributed by atoms with E-state index in [1.54, 1.807) is 30.3 Å². The van der Waals surface area contributed by atoms with Gasteiger partial charge in [-0.3, -0.25) is 4.79 Å². The molecule has 2 aromatic carbocycles. The number of phenolic OH excluding ortho intramolecular Hbond substituents is 1. The second-order valence-electron chi connectivity index (χ2n) is 5.25. The molecule has 0 spiro atoms. The number of furan rings is 1. The number of anilines is 3. The highest BCUT2D eigenvalue weighted by atomic mass is 35.5. The largest absolute Gasteiger partial charge is 0.508 e. The van der Waals surface area contributed by atoms with Crippen molar-refractivity contribution >= 4 is 40.6 Å². The molecule has 0 atom stereocenters. The summed E-state index contributed by atoms with van der Waals surface area (Å²) in [6, 6.07) is 13.4. The number of hydrogen-bond donors (Lipinski definition) is 4. The predicted molar refractivity (Wildman–Crippen MR) is 98.9 cm³/mol. The molecule has 3 aromatic rings. The number of hydrogen-bond acceptors (Lipinski definition) is 4. The van der Waals surface area contributed by atoms with Gasteiger partial charge in [-0.15, -0.1) is 0 Å². The smallest absolute Gasteiger partial charge is 0.323 e. The Morgan fingerprint density at radius 2 is 1.62 bits per heavy atom. The summed E-state index contributed by atoms with van der Waals surface area (Å²) in [5, 5.41) is 17.3. The lowest BCUT2D eigenvalue weighted by Gasteiger charge is -2.10. The number of rotatable bonds is 4. The van der Waals surface area contributed by atoms with E-state index in [1.807, 2.05) is 0 Å². The maximum absolute atomic E-state index is 12.0. The third kappa shape index (κ3) is 4.34. The lowest BCUT2D eigenvalue weighted by molar-refractivity contribution is 0.0996. The first-order valence-corrected chi connectivity index (χ1v) is 7.90. The molecule has 1 heterocycles. The zero-order chi connectivity index (χ0) is 18.5. The van der Waals surface area contributed by atoms with E-state index < -0.39 is 11.9 Å². The van der Waals surface area contributed by atoms with Gasteiger partial charge in [0.2, 0.25) is 0 Å². The lowest BCUT2D eigenvalue weighted by atomic mass is 10.2. The second kappa shape index (κ2) is 7.62. The average Bonchev–Trinajstić information content (AvgIpc) is 3.14. The number of aromatic hydroxyl groups is 1. The lowest BCUT2D eigenvalue weighted by Crippen LogP contribution is -2.19. The molecule has 8 heteroatoms. The van der Waals surface area contributed by atoms with Crippen molar-refractivity contribution in [1.29, 1.82) is 0 Å². The van der Waals surface area contributed by atoms with Gasteiger partial charge in [-0.1, -0.05) is 11.6 Å². The van der Waals surface area contributed by atoms with Crippen molar-refractivity contribution in [2.24, 2.45) is 0 Å². The van der Waals surface area contributed by atoms with Gasteiger partial charge in [0.25, 0.3) is 5.91 Å². The standard InChI is InChI=1S/C18H14ClN3O4/c19-14-10-12(21-18(25)20-11-3-6-13(23)7-4-11)5-8-15(14)22-17(24)16-2-1-9-26-16/h1-10,23H,(H,22,24)(H2,20,21,25). The Morgan fingerprint density at radius 3 is 2.27 bits per heavy atom. The molecule has 0 aliphatic rings. The van der Waals surface area contributed by atoms with E-state index in [-0.39, 0.29) is 16.5 Å². The van der Waals surface area contributed by atoms with Gasteiger partial charge in [-0.25, -0.2) is 4.79 Å². The Balaban J connectivity index is 1.62. The zero-order valence-electron chi connectivity index (χ0n) is 13.3. The third-order valence-corrected chi connectivity index (χ3v) is 3.66. The molecule has 26 heavy (non-hydrogen) atoms. The first-order valence-electron chi connectivity index (χ1n) is 7.53. The van der Waals surface area contributed by atoms with Gasteiger partial charge in [-0.2, -0.15) is 0 Å². The number of urea groups is 1. The van der Waals surface area contributed by atoms with Crippen LogP contribution in [0.25, 0.3) is 0 Å². The highest BCUT2D eigenvalue weighted by Gasteiger charge is 2.12. The van der Waals surface area contributed by atoms with Crippen LogP contribution in [0, 0.1) is 0 Å². The maximum atomic E-state index is 12.0. The molecule has 7 nitrogen and oxygen atoms in total. The summed E-state index contributed by atoms with van der Waals surface area (Å²) in [6.07, 6.45) is 1.40. The maximum Gasteiger partial charge on any atom is 0.323 e. The summed E-state index contributed by atoms with van der Waals surface area (Å²) in [5.41, 5.74) is 1.36. The average molecular weight is 372 g/mol. The molecule has 0 bridgehead atoms. The van der Waals surface area contributed by atoms with Crippen molar-refractivity contribution in [2.45, 2.75) is 0 Å². The fourth-order valence-electron chi connectivity index (χ4n) is 2.12. The molecule has 4 N–H and O–H groups in total. The van der Waals surface area contributed by atoms with E-state index in [1.165, 1.54) is 30.5 Å². The number of phenols is 1. The van der Waals surface area contributed by atoms with Crippen molar-refractivity contribution < 1.29 is 19.1 Å². The van der Waals surface area contributed by atoms with Gasteiger partial charge in [0.15, 0.2) is 5.76 Å². The first kappa shape index (κ1) is 17.4. The number of halogens is 1. The Morgan fingerprint density at radius 1 is 0.923 bits per heavy atom. The topological polar surface area (TPSA) is 104 Å². The molecule has 1 aromatic heterocycles. The second-order valence-corrected chi connectivity index (χ2v) is 5.66. The quantitative estimate of drug-likeness (QED) is 0.505. The Bertz CT molecular complexity index is 924. The van der Waals surface area contributed by atoms with E-state index in [0.717, 1.165) is 0 Å². The molecule has 3 amide bonds. The van der Waals surface area contributed by atoms with E-state index >= 15 is 0 Å². The van der Waals surface area contributed by atoms with Crippen LogP contribution in [0.2, 0.25) is 5.02 Å². The number of nitrogens with one attached hydrogen (secondary N) is 3. The van der Waals surface area contributed by atoms with E-state index in [2.05, 4.69) is 16.0 Å². The van der Waals surface area contributed by atoms with Gasteiger partial charge in [-0.05, 0) is 54.6 Å². The van der Waals surface area contributed by atoms with Crippen molar-refractivity contribution in [3.8, 4) is 5.75 Å². The summed E-state index contributed by atoms with van der Waals surface area (Å²) in [6.45, 7) is 0. The number of carbonyl (C=O) groups excluding carboxylic acids is 2. The summed E-state index contributed by atoms with van der Waals surface area (Å²) >= 11 is 6.15. The minimum atomic E-state index is -0.473.